The van der Waals surface area contributed by atoms with E-state index in [1.54, 1.807) is 12.1 Å². The number of carbonyl (C=O) groups is 2. The van der Waals surface area contributed by atoms with Crippen molar-refractivity contribution in [2.24, 2.45) is 0 Å². The SMILES string of the molecule is O=C1c2cccc3cccc(c23)C(=O)N1CCN1CCN(C[C@@H](O)COc2ccc(-c3ccccc3)cc2)CC1. The highest BCUT2D eigenvalue weighted by Crippen LogP contribution is 2.30. The second kappa shape index (κ2) is 11.6. The zero-order valence-corrected chi connectivity index (χ0v) is 22.4. The first-order valence-electron chi connectivity index (χ1n) is 13.9. The van der Waals surface area contributed by atoms with Crippen molar-refractivity contribution in [2.45, 2.75) is 6.10 Å². The molecule has 6 rings (SSSR count). The predicted molar refractivity (Wildman–Crippen MR) is 156 cm³/mol. The first kappa shape index (κ1) is 26.2. The van der Waals surface area contributed by atoms with Crippen molar-refractivity contribution in [3.63, 3.8) is 0 Å². The number of carbonyl (C=O) groups excluding carboxylic acids is 2. The van der Waals surface area contributed by atoms with Crippen LogP contribution < -0.4 is 4.74 Å². The Morgan fingerprint density at radius 2 is 1.27 bits per heavy atom. The number of hydrogen-bond donors (Lipinski definition) is 1. The van der Waals surface area contributed by atoms with Gasteiger partial charge in [-0.2, -0.15) is 0 Å². The molecule has 0 spiro atoms. The molecule has 0 unspecified atom stereocenters. The van der Waals surface area contributed by atoms with Gasteiger partial charge in [0.15, 0.2) is 0 Å². The first-order chi connectivity index (χ1) is 19.6. The van der Waals surface area contributed by atoms with Gasteiger partial charge in [-0.3, -0.25) is 24.3 Å². The van der Waals surface area contributed by atoms with Gasteiger partial charge in [-0.05, 0) is 40.8 Å². The molecule has 7 heteroatoms. The Morgan fingerprint density at radius 3 is 1.93 bits per heavy atom. The van der Waals surface area contributed by atoms with E-state index in [4.69, 9.17) is 4.74 Å². The summed E-state index contributed by atoms with van der Waals surface area (Å²) in [6.07, 6.45) is -0.591. The molecule has 0 bridgehead atoms. The minimum Gasteiger partial charge on any atom is -0.491 e. The molecule has 40 heavy (non-hydrogen) atoms. The van der Waals surface area contributed by atoms with Crippen LogP contribution in [-0.4, -0.2) is 90.1 Å². The Hall–Kier alpha value is -4.04. The number of rotatable bonds is 9. The van der Waals surface area contributed by atoms with Gasteiger partial charge in [0, 0.05) is 62.3 Å². The maximum Gasteiger partial charge on any atom is 0.261 e. The van der Waals surface area contributed by atoms with E-state index >= 15 is 0 Å². The molecule has 1 atom stereocenters. The number of ether oxygens (including phenoxy) is 1. The lowest BCUT2D eigenvalue weighted by molar-refractivity contribution is 0.0416. The quantitative estimate of drug-likeness (QED) is 0.325. The largest absolute Gasteiger partial charge is 0.491 e. The lowest BCUT2D eigenvalue weighted by Gasteiger charge is -2.36. The number of aliphatic hydroxyl groups is 1. The molecule has 0 saturated carbocycles. The summed E-state index contributed by atoms with van der Waals surface area (Å²) in [6, 6.07) is 29.3. The molecule has 1 N–H and O–H groups in total. The van der Waals surface area contributed by atoms with E-state index < -0.39 is 6.10 Å². The Labute approximate surface area is 234 Å². The van der Waals surface area contributed by atoms with Crippen LogP contribution in [-0.2, 0) is 0 Å². The van der Waals surface area contributed by atoms with Gasteiger partial charge in [0.1, 0.15) is 18.5 Å². The zero-order chi connectivity index (χ0) is 27.5. The average Bonchev–Trinajstić information content (AvgIpc) is 3.00. The van der Waals surface area contributed by atoms with Crippen molar-refractivity contribution in [1.29, 1.82) is 0 Å². The highest BCUT2D eigenvalue weighted by Gasteiger charge is 2.33. The maximum atomic E-state index is 13.1. The standard InChI is InChI=1S/C33H33N3O4/c37-27(23-40-28-14-12-25(13-15-28)24-6-2-1-3-7-24)22-35-18-16-34(17-19-35)20-21-36-32(38)29-10-4-8-26-9-5-11-30(31(26)29)33(36)39/h1-15,27,37H,16-23H2/t27-/m1/s1. The van der Waals surface area contributed by atoms with Crippen LogP contribution in [0.1, 0.15) is 20.7 Å². The molecular weight excluding hydrogens is 502 g/mol. The highest BCUT2D eigenvalue weighted by atomic mass is 16.5. The summed E-state index contributed by atoms with van der Waals surface area (Å²) in [5, 5.41) is 12.3. The number of β-amino-alcohol motifs (C(OH)–C–C–N with tert-alkyl or cyclic N) is 1. The van der Waals surface area contributed by atoms with Gasteiger partial charge in [-0.15, -0.1) is 0 Å². The van der Waals surface area contributed by atoms with Crippen LogP contribution >= 0.6 is 0 Å². The van der Waals surface area contributed by atoms with Gasteiger partial charge in [0.25, 0.3) is 11.8 Å². The van der Waals surface area contributed by atoms with Crippen molar-refractivity contribution in [3.05, 3.63) is 102 Å². The summed E-state index contributed by atoms with van der Waals surface area (Å²) in [7, 11) is 0. The van der Waals surface area contributed by atoms with Crippen LogP contribution in [0, 0.1) is 0 Å². The third-order valence-electron chi connectivity index (χ3n) is 7.83. The third kappa shape index (κ3) is 5.49. The number of nitrogens with zero attached hydrogens (tertiary/aromatic N) is 3. The molecular formula is C33H33N3O4. The summed E-state index contributed by atoms with van der Waals surface area (Å²) in [4.78, 5) is 32.2. The fourth-order valence-corrected chi connectivity index (χ4v) is 5.64. The molecule has 0 radical (unpaired) electrons. The molecule has 2 aliphatic heterocycles. The van der Waals surface area contributed by atoms with Crippen LogP contribution in [0.4, 0.5) is 0 Å². The third-order valence-corrected chi connectivity index (χ3v) is 7.83. The maximum absolute atomic E-state index is 13.1. The lowest BCUT2D eigenvalue weighted by atomic mass is 9.94. The fourth-order valence-electron chi connectivity index (χ4n) is 5.64. The molecule has 204 valence electrons. The number of piperazine rings is 1. The van der Waals surface area contributed by atoms with Crippen molar-refractivity contribution < 1.29 is 19.4 Å². The van der Waals surface area contributed by atoms with E-state index in [2.05, 4.69) is 21.9 Å². The first-order valence-corrected chi connectivity index (χ1v) is 13.9. The summed E-state index contributed by atoms with van der Waals surface area (Å²) in [5.41, 5.74) is 3.48. The number of hydrogen-bond acceptors (Lipinski definition) is 6. The van der Waals surface area contributed by atoms with Crippen molar-refractivity contribution >= 4 is 22.6 Å². The summed E-state index contributed by atoms with van der Waals surface area (Å²) in [5.74, 6) is 0.306. The smallest absolute Gasteiger partial charge is 0.261 e. The molecule has 2 aliphatic rings. The Kier molecular flexibility index (Phi) is 7.60. The van der Waals surface area contributed by atoms with E-state index in [1.165, 1.54) is 4.90 Å². The van der Waals surface area contributed by atoms with E-state index in [1.807, 2.05) is 66.7 Å². The van der Waals surface area contributed by atoms with Crippen molar-refractivity contribution in [3.8, 4) is 16.9 Å². The van der Waals surface area contributed by atoms with Gasteiger partial charge in [-0.25, -0.2) is 0 Å². The topological polar surface area (TPSA) is 73.3 Å². The Bertz CT molecular complexity index is 1450. The Balaban J connectivity index is 0.949. The van der Waals surface area contributed by atoms with E-state index in [-0.39, 0.29) is 18.4 Å². The summed E-state index contributed by atoms with van der Waals surface area (Å²) >= 11 is 0. The van der Waals surface area contributed by atoms with Gasteiger partial charge in [0.05, 0.1) is 0 Å². The van der Waals surface area contributed by atoms with Crippen molar-refractivity contribution in [2.75, 3.05) is 52.4 Å². The van der Waals surface area contributed by atoms with E-state index in [0.29, 0.717) is 30.8 Å². The molecule has 0 aliphatic carbocycles. The second-order valence-electron chi connectivity index (χ2n) is 10.5. The number of imide groups is 1. The van der Waals surface area contributed by atoms with E-state index in [0.717, 1.165) is 53.8 Å². The van der Waals surface area contributed by atoms with Gasteiger partial charge < -0.3 is 9.84 Å². The van der Waals surface area contributed by atoms with Crippen LogP contribution in [0.15, 0.2) is 91.0 Å². The molecule has 2 heterocycles. The van der Waals surface area contributed by atoms with Gasteiger partial charge >= 0.3 is 0 Å². The number of benzene rings is 4. The summed E-state index contributed by atoms with van der Waals surface area (Å²) in [6.45, 7) is 5.03. The molecule has 4 aromatic carbocycles. The molecule has 4 aromatic rings. The van der Waals surface area contributed by atoms with Gasteiger partial charge in [-0.1, -0.05) is 66.7 Å². The normalized spacial score (nSPS) is 16.9. The fraction of sp³-hybridized carbons (Fsp3) is 0.273. The zero-order valence-electron chi connectivity index (χ0n) is 22.4. The molecule has 1 saturated heterocycles. The average molecular weight is 536 g/mol. The molecule has 0 aromatic heterocycles. The summed E-state index contributed by atoms with van der Waals surface area (Å²) < 4.78 is 5.84. The van der Waals surface area contributed by atoms with Crippen molar-refractivity contribution in [1.82, 2.24) is 14.7 Å². The monoisotopic (exact) mass is 535 g/mol. The number of amides is 2. The minimum absolute atomic E-state index is 0.217. The highest BCUT2D eigenvalue weighted by molar-refractivity contribution is 6.25. The molecule has 1 fully saturated rings. The van der Waals surface area contributed by atoms with Crippen LogP contribution in [0.5, 0.6) is 5.75 Å². The van der Waals surface area contributed by atoms with Crippen LogP contribution in [0.2, 0.25) is 0 Å². The molecule has 2 amide bonds. The van der Waals surface area contributed by atoms with Crippen LogP contribution in [0.25, 0.3) is 21.9 Å². The van der Waals surface area contributed by atoms with E-state index in [9.17, 15) is 14.7 Å². The number of aliphatic hydroxyl groups excluding tert-OH is 1. The Morgan fingerprint density at radius 1 is 0.675 bits per heavy atom. The second-order valence-corrected chi connectivity index (χ2v) is 10.5. The minimum atomic E-state index is -0.591. The lowest BCUT2D eigenvalue weighted by Crippen LogP contribution is -2.51. The molecule has 7 nitrogen and oxygen atoms in total. The van der Waals surface area contributed by atoms with Gasteiger partial charge in [0.2, 0.25) is 0 Å². The predicted octanol–water partition coefficient (Wildman–Crippen LogP) is 4.16. The van der Waals surface area contributed by atoms with Crippen LogP contribution in [0.3, 0.4) is 0 Å².